The van der Waals surface area contributed by atoms with Crippen LogP contribution in [-0.2, 0) is 0 Å². The molecule has 0 bridgehead atoms. The Hall–Kier alpha value is -4.28. The van der Waals surface area contributed by atoms with Gasteiger partial charge in [-0.3, -0.25) is 34.3 Å². The van der Waals surface area contributed by atoms with Crippen molar-refractivity contribution in [2.75, 3.05) is 18.7 Å². The van der Waals surface area contributed by atoms with Crippen molar-refractivity contribution < 1.29 is 24.0 Å². The van der Waals surface area contributed by atoms with E-state index in [1.54, 1.807) is 48.5 Å². The summed E-state index contributed by atoms with van der Waals surface area (Å²) < 4.78 is 5.75. The second kappa shape index (κ2) is 9.06. The summed E-state index contributed by atoms with van der Waals surface area (Å²) in [5.41, 5.74) is 0.756. The summed E-state index contributed by atoms with van der Waals surface area (Å²) in [4.78, 5) is 52.9. The summed E-state index contributed by atoms with van der Waals surface area (Å²) in [7, 11) is 1.48. The Morgan fingerprint density at radius 2 is 1.75 bits per heavy atom. The summed E-state index contributed by atoms with van der Waals surface area (Å²) in [5.74, 6) is -1.15. The molecule has 0 saturated carbocycles. The van der Waals surface area contributed by atoms with Gasteiger partial charge in [-0.25, -0.2) is 0 Å². The highest BCUT2D eigenvalue weighted by Gasteiger charge is 2.38. The van der Waals surface area contributed by atoms with E-state index in [2.05, 4.69) is 0 Å². The maximum Gasteiger partial charge on any atom is 0.271 e. The fraction of sp³-hybridized carbons (Fsp3) is 0.0800. The molecule has 0 spiro atoms. The highest BCUT2D eigenvalue weighted by atomic mass is 35.5. The standard InChI is InChI=1S/C25H16ClN3O6S/c1-35-16-6-4-5-14(11-16)27(13-28-23(30)17-7-2-3-8-18(17)24(28)31)25(32)22-21(26)19-10-9-15(29(33)34)12-20(19)36-22/h2-12H,13H2,1H3. The Morgan fingerprint density at radius 1 is 1.06 bits per heavy atom. The molecule has 0 saturated heterocycles. The third-order valence-electron chi connectivity index (χ3n) is 5.79. The molecular weight excluding hydrogens is 506 g/mol. The summed E-state index contributed by atoms with van der Waals surface area (Å²) in [5, 5.41) is 11.8. The van der Waals surface area contributed by atoms with Crippen LogP contribution in [0.1, 0.15) is 30.4 Å². The van der Waals surface area contributed by atoms with Crippen LogP contribution in [-0.4, -0.2) is 41.3 Å². The molecule has 1 aliphatic rings. The van der Waals surface area contributed by atoms with Crippen LogP contribution >= 0.6 is 22.9 Å². The lowest BCUT2D eigenvalue weighted by Crippen LogP contribution is -2.44. The number of benzene rings is 3. The fourth-order valence-electron chi connectivity index (χ4n) is 3.98. The molecule has 1 aromatic heterocycles. The molecule has 0 aliphatic carbocycles. The number of carbonyl (C=O) groups is 3. The minimum Gasteiger partial charge on any atom is -0.497 e. The van der Waals surface area contributed by atoms with Crippen LogP contribution in [0.3, 0.4) is 0 Å². The Balaban J connectivity index is 1.58. The van der Waals surface area contributed by atoms with Gasteiger partial charge in [0.15, 0.2) is 0 Å². The van der Waals surface area contributed by atoms with Gasteiger partial charge >= 0.3 is 0 Å². The van der Waals surface area contributed by atoms with Crippen LogP contribution in [0, 0.1) is 10.1 Å². The van der Waals surface area contributed by atoms with Gasteiger partial charge < -0.3 is 4.74 Å². The minimum absolute atomic E-state index is 0.117. The largest absolute Gasteiger partial charge is 0.497 e. The number of ether oxygens (including phenoxy) is 1. The number of nitro benzene ring substituents is 1. The number of hydrogen-bond donors (Lipinski definition) is 0. The molecule has 2 heterocycles. The minimum atomic E-state index is -0.575. The monoisotopic (exact) mass is 521 g/mol. The van der Waals surface area contributed by atoms with E-state index >= 15 is 0 Å². The number of amides is 3. The van der Waals surface area contributed by atoms with Crippen molar-refractivity contribution in [1.82, 2.24) is 4.90 Å². The first-order valence-electron chi connectivity index (χ1n) is 10.6. The highest BCUT2D eigenvalue weighted by Crippen LogP contribution is 2.39. The lowest BCUT2D eigenvalue weighted by atomic mass is 10.1. The van der Waals surface area contributed by atoms with Crippen LogP contribution in [0.5, 0.6) is 5.75 Å². The molecule has 0 radical (unpaired) electrons. The van der Waals surface area contributed by atoms with E-state index in [0.717, 1.165) is 16.2 Å². The van der Waals surface area contributed by atoms with Crippen molar-refractivity contribution in [1.29, 1.82) is 0 Å². The van der Waals surface area contributed by atoms with E-state index in [1.807, 2.05) is 0 Å². The van der Waals surface area contributed by atoms with E-state index < -0.39 is 22.6 Å². The van der Waals surface area contributed by atoms with Crippen LogP contribution < -0.4 is 9.64 Å². The molecule has 0 N–H and O–H groups in total. The van der Waals surface area contributed by atoms with E-state index in [-0.39, 0.29) is 33.4 Å². The number of nitrogens with zero attached hydrogens (tertiary/aromatic N) is 3. The summed E-state index contributed by atoms with van der Waals surface area (Å²) in [6, 6.07) is 17.2. The third kappa shape index (κ3) is 3.86. The van der Waals surface area contributed by atoms with Gasteiger partial charge in [0.05, 0.1) is 28.2 Å². The lowest BCUT2D eigenvalue weighted by Gasteiger charge is -2.27. The van der Waals surface area contributed by atoms with Gasteiger partial charge in [0.2, 0.25) is 0 Å². The number of hydrogen-bond acceptors (Lipinski definition) is 7. The van der Waals surface area contributed by atoms with Crippen LogP contribution in [0.2, 0.25) is 5.02 Å². The average molecular weight is 522 g/mol. The van der Waals surface area contributed by atoms with E-state index in [4.69, 9.17) is 16.3 Å². The molecule has 11 heteroatoms. The van der Waals surface area contributed by atoms with E-state index in [9.17, 15) is 24.5 Å². The molecule has 36 heavy (non-hydrogen) atoms. The van der Waals surface area contributed by atoms with Crippen LogP contribution in [0.4, 0.5) is 11.4 Å². The number of nitro groups is 1. The Bertz CT molecular complexity index is 1550. The summed E-state index contributed by atoms with van der Waals surface area (Å²) >= 11 is 7.54. The van der Waals surface area contributed by atoms with Gasteiger partial charge in [-0.2, -0.15) is 0 Å². The normalized spacial score (nSPS) is 12.7. The van der Waals surface area contributed by atoms with Crippen LogP contribution in [0.15, 0.2) is 66.7 Å². The number of methoxy groups -OCH3 is 1. The molecular formula is C25H16ClN3O6S. The van der Waals surface area contributed by atoms with Gasteiger partial charge in [0.25, 0.3) is 23.4 Å². The molecule has 5 rings (SSSR count). The molecule has 0 fully saturated rings. The van der Waals surface area contributed by atoms with Crippen molar-refractivity contribution in [2.24, 2.45) is 0 Å². The molecule has 3 aromatic carbocycles. The van der Waals surface area contributed by atoms with Crippen molar-refractivity contribution in [2.45, 2.75) is 0 Å². The summed E-state index contributed by atoms with van der Waals surface area (Å²) in [6.45, 7) is -0.372. The molecule has 4 aromatic rings. The number of rotatable bonds is 6. The van der Waals surface area contributed by atoms with Gasteiger partial charge in [0.1, 0.15) is 17.3 Å². The Kier molecular flexibility index (Phi) is 5.91. The number of halogens is 1. The van der Waals surface area contributed by atoms with Crippen molar-refractivity contribution >= 4 is 62.1 Å². The van der Waals surface area contributed by atoms with E-state index in [0.29, 0.717) is 21.5 Å². The number of thiophene rings is 1. The Morgan fingerprint density at radius 3 is 2.39 bits per heavy atom. The maximum absolute atomic E-state index is 13.9. The zero-order chi connectivity index (χ0) is 25.6. The topological polar surface area (TPSA) is 110 Å². The number of non-ortho nitro benzene ring substituents is 1. The van der Waals surface area contributed by atoms with Crippen molar-refractivity contribution in [3.63, 3.8) is 0 Å². The second-order valence-corrected chi connectivity index (χ2v) is 9.27. The van der Waals surface area contributed by atoms with E-state index in [1.165, 1.54) is 30.2 Å². The molecule has 1 aliphatic heterocycles. The van der Waals surface area contributed by atoms with Gasteiger partial charge in [-0.1, -0.05) is 29.8 Å². The van der Waals surface area contributed by atoms with Gasteiger partial charge in [0, 0.05) is 34.0 Å². The van der Waals surface area contributed by atoms with Gasteiger partial charge in [-0.05, 0) is 30.3 Å². The first kappa shape index (κ1) is 23.5. The maximum atomic E-state index is 13.9. The molecule has 3 amide bonds. The average Bonchev–Trinajstić information content (AvgIpc) is 3.35. The predicted octanol–water partition coefficient (Wildman–Crippen LogP) is 5.37. The zero-order valence-electron chi connectivity index (χ0n) is 18.6. The smallest absolute Gasteiger partial charge is 0.271 e. The predicted molar refractivity (Wildman–Crippen MR) is 135 cm³/mol. The SMILES string of the molecule is COc1cccc(N(CN2C(=O)c3ccccc3C2=O)C(=O)c2sc3cc([N+](=O)[O-])ccc3c2Cl)c1. The number of anilines is 1. The lowest BCUT2D eigenvalue weighted by molar-refractivity contribution is -0.384. The number of fused-ring (bicyclic) bond motifs is 2. The summed E-state index contributed by atoms with van der Waals surface area (Å²) in [6.07, 6.45) is 0. The zero-order valence-corrected chi connectivity index (χ0v) is 20.2. The number of carbonyl (C=O) groups excluding carboxylic acids is 3. The quantitative estimate of drug-likeness (QED) is 0.191. The Labute approximate surface area is 213 Å². The second-order valence-electron chi connectivity index (χ2n) is 7.84. The number of imide groups is 1. The van der Waals surface area contributed by atoms with Gasteiger partial charge in [-0.15, -0.1) is 11.3 Å². The molecule has 0 atom stereocenters. The van der Waals surface area contributed by atoms with Crippen molar-refractivity contribution in [3.8, 4) is 5.75 Å². The highest BCUT2D eigenvalue weighted by molar-refractivity contribution is 7.21. The fourth-order valence-corrected chi connectivity index (χ4v) is 5.47. The van der Waals surface area contributed by atoms with Crippen molar-refractivity contribution in [3.05, 3.63) is 97.9 Å². The molecule has 0 unspecified atom stereocenters. The first-order chi connectivity index (χ1) is 17.3. The molecule has 180 valence electrons. The first-order valence-corrected chi connectivity index (χ1v) is 11.8. The third-order valence-corrected chi connectivity index (χ3v) is 7.43. The van der Waals surface area contributed by atoms with Crippen LogP contribution in [0.25, 0.3) is 10.1 Å². The molecule has 9 nitrogen and oxygen atoms in total.